The molecule has 0 bridgehead atoms. The van der Waals surface area contributed by atoms with Crippen LogP contribution in [0.2, 0.25) is 5.02 Å². The molecule has 1 heterocycles. The van der Waals surface area contributed by atoms with Crippen molar-refractivity contribution in [3.05, 3.63) is 33.9 Å². The van der Waals surface area contributed by atoms with E-state index in [1.807, 2.05) is 0 Å². The zero-order valence-electron chi connectivity index (χ0n) is 12.9. The molecule has 0 spiro atoms. The molecule has 1 N–H and O–H groups in total. The van der Waals surface area contributed by atoms with E-state index >= 15 is 0 Å². The third-order valence-electron chi connectivity index (χ3n) is 3.14. The van der Waals surface area contributed by atoms with E-state index in [1.165, 1.54) is 26.0 Å². The molecule has 1 aliphatic rings. The maximum absolute atomic E-state index is 13.3. The smallest absolute Gasteiger partial charge is 0.430 e. The molecule has 0 saturated heterocycles. The highest BCUT2D eigenvalue weighted by molar-refractivity contribution is 6.30. The SMILES string of the molecule is Cc1cc(Cl)cc2c1O[C@H](C(F)(F)F)C(C(=O)OC(C)O/N=N\O)=C2. The first kappa shape index (κ1) is 18.8. The lowest BCUT2D eigenvalue weighted by Crippen LogP contribution is -2.41. The Balaban J connectivity index is 2.39. The minimum absolute atomic E-state index is 0.0262. The van der Waals surface area contributed by atoms with Crippen LogP contribution in [-0.2, 0) is 14.4 Å². The van der Waals surface area contributed by atoms with Crippen LogP contribution in [0.4, 0.5) is 13.2 Å². The third kappa shape index (κ3) is 4.32. The van der Waals surface area contributed by atoms with Crippen molar-refractivity contribution in [2.24, 2.45) is 10.6 Å². The Morgan fingerprint density at radius 3 is 2.72 bits per heavy atom. The summed E-state index contributed by atoms with van der Waals surface area (Å²) in [6.45, 7) is 2.71. The fraction of sp³-hybridized carbons (Fsp3) is 0.357. The first-order valence-corrected chi connectivity index (χ1v) is 7.17. The van der Waals surface area contributed by atoms with E-state index in [0.717, 1.165) is 6.08 Å². The molecule has 11 heteroatoms. The van der Waals surface area contributed by atoms with E-state index in [4.69, 9.17) is 21.5 Å². The van der Waals surface area contributed by atoms with Crippen molar-refractivity contribution in [2.45, 2.75) is 32.4 Å². The fourth-order valence-electron chi connectivity index (χ4n) is 2.19. The Morgan fingerprint density at radius 2 is 2.12 bits per heavy atom. The summed E-state index contributed by atoms with van der Waals surface area (Å²) < 4.78 is 49.6. The summed E-state index contributed by atoms with van der Waals surface area (Å²) in [5.74, 6) is -1.35. The maximum atomic E-state index is 13.3. The van der Waals surface area contributed by atoms with Crippen molar-refractivity contribution in [1.29, 1.82) is 0 Å². The van der Waals surface area contributed by atoms with Crippen LogP contribution in [0.1, 0.15) is 18.1 Å². The van der Waals surface area contributed by atoms with E-state index in [2.05, 4.69) is 20.1 Å². The average molecular weight is 381 g/mol. The number of nitrogens with zero attached hydrogens (tertiary/aromatic N) is 2. The number of rotatable bonds is 4. The van der Waals surface area contributed by atoms with Crippen LogP contribution in [-0.4, -0.2) is 29.7 Å². The number of benzene rings is 1. The first-order chi connectivity index (χ1) is 11.6. The molecule has 1 aromatic rings. The second-order valence-corrected chi connectivity index (χ2v) is 5.47. The molecule has 2 atom stereocenters. The second-order valence-electron chi connectivity index (χ2n) is 5.03. The van der Waals surface area contributed by atoms with E-state index < -0.39 is 30.1 Å². The van der Waals surface area contributed by atoms with Crippen molar-refractivity contribution < 1.29 is 37.5 Å². The summed E-state index contributed by atoms with van der Waals surface area (Å²) >= 11 is 5.89. The van der Waals surface area contributed by atoms with Gasteiger partial charge in [-0.2, -0.15) is 13.2 Å². The van der Waals surface area contributed by atoms with Crippen LogP contribution in [0.5, 0.6) is 5.75 Å². The molecule has 0 aromatic heterocycles. The van der Waals surface area contributed by atoms with Gasteiger partial charge in [-0.15, -0.1) is 0 Å². The van der Waals surface area contributed by atoms with Gasteiger partial charge in [-0.1, -0.05) is 11.6 Å². The van der Waals surface area contributed by atoms with Crippen LogP contribution in [0, 0.1) is 6.92 Å². The number of halogens is 4. The number of carbonyl (C=O) groups excluding carboxylic acids is 1. The minimum atomic E-state index is -4.86. The zero-order chi connectivity index (χ0) is 18.8. The zero-order valence-corrected chi connectivity index (χ0v) is 13.6. The molecule has 0 amide bonds. The highest BCUT2D eigenvalue weighted by Gasteiger charge is 2.49. The van der Waals surface area contributed by atoms with Crippen molar-refractivity contribution >= 4 is 23.6 Å². The van der Waals surface area contributed by atoms with Gasteiger partial charge in [0.05, 0.1) is 16.1 Å². The number of alkyl halides is 3. The maximum Gasteiger partial charge on any atom is 0.430 e. The fourth-order valence-corrected chi connectivity index (χ4v) is 2.47. The van der Waals surface area contributed by atoms with Crippen LogP contribution < -0.4 is 4.74 Å². The van der Waals surface area contributed by atoms with Gasteiger partial charge in [-0.25, -0.2) is 4.79 Å². The molecule has 0 aliphatic carbocycles. The lowest BCUT2D eigenvalue weighted by molar-refractivity contribution is -0.195. The van der Waals surface area contributed by atoms with Crippen molar-refractivity contribution in [3.63, 3.8) is 0 Å². The number of hydrogen-bond acceptors (Lipinski definition) is 6. The van der Waals surface area contributed by atoms with Crippen LogP contribution in [0.25, 0.3) is 6.08 Å². The average Bonchev–Trinajstić information content (AvgIpc) is 2.50. The molecule has 1 aliphatic heterocycles. The highest BCUT2D eigenvalue weighted by Crippen LogP contribution is 2.40. The summed E-state index contributed by atoms with van der Waals surface area (Å²) in [4.78, 5) is 16.5. The largest absolute Gasteiger partial charge is 0.475 e. The molecule has 7 nitrogen and oxygen atoms in total. The van der Waals surface area contributed by atoms with E-state index in [1.54, 1.807) is 0 Å². The van der Waals surface area contributed by atoms with Crippen molar-refractivity contribution in [3.8, 4) is 5.75 Å². The molecule has 0 radical (unpaired) electrons. The van der Waals surface area contributed by atoms with Crippen LogP contribution in [0.3, 0.4) is 0 Å². The van der Waals surface area contributed by atoms with Gasteiger partial charge in [0, 0.05) is 17.5 Å². The van der Waals surface area contributed by atoms with Gasteiger partial charge >= 0.3 is 12.1 Å². The topological polar surface area (TPSA) is 89.7 Å². The standard InChI is InChI=1S/C14H12ClF3N2O5/c1-6-3-9(15)4-8-5-10(12(14(16,17)18)24-11(6)8)13(21)23-7(2)25-20-19-22/h3-5,7,12H,1-2H3,(H,20,22)/t7?,12-/m0/s1. The Labute approximate surface area is 144 Å². The molecule has 0 fully saturated rings. The lowest BCUT2D eigenvalue weighted by atomic mass is 9.99. The third-order valence-corrected chi connectivity index (χ3v) is 3.35. The normalized spacial score (nSPS) is 18.2. The van der Waals surface area contributed by atoms with E-state index in [0.29, 0.717) is 5.56 Å². The number of carbonyl (C=O) groups is 1. The number of aryl methyl sites for hydroxylation is 1. The molecule has 1 aromatic carbocycles. The van der Waals surface area contributed by atoms with Crippen molar-refractivity contribution in [2.75, 3.05) is 0 Å². The Bertz CT molecular complexity index is 736. The predicted molar refractivity (Wildman–Crippen MR) is 77.9 cm³/mol. The Hall–Kier alpha value is -2.49. The van der Waals surface area contributed by atoms with Gasteiger partial charge in [0.15, 0.2) is 0 Å². The quantitative estimate of drug-likeness (QED) is 0.369. The van der Waals surface area contributed by atoms with Crippen molar-refractivity contribution in [1.82, 2.24) is 0 Å². The van der Waals surface area contributed by atoms with Gasteiger partial charge in [0.25, 0.3) is 6.29 Å². The van der Waals surface area contributed by atoms with Gasteiger partial charge in [-0.3, -0.25) is 0 Å². The lowest BCUT2D eigenvalue weighted by Gasteiger charge is -2.29. The molecule has 2 rings (SSSR count). The first-order valence-electron chi connectivity index (χ1n) is 6.79. The van der Waals surface area contributed by atoms with E-state index in [9.17, 15) is 18.0 Å². The molecule has 0 saturated carbocycles. The van der Waals surface area contributed by atoms with Gasteiger partial charge < -0.3 is 19.5 Å². The van der Waals surface area contributed by atoms with Gasteiger partial charge in [0.1, 0.15) is 5.75 Å². The van der Waals surface area contributed by atoms with Gasteiger partial charge in [-0.05, 0) is 30.7 Å². The monoisotopic (exact) mass is 380 g/mol. The number of hydrogen-bond donors (Lipinski definition) is 1. The highest BCUT2D eigenvalue weighted by atomic mass is 35.5. The Morgan fingerprint density at radius 1 is 1.44 bits per heavy atom. The summed E-state index contributed by atoms with van der Waals surface area (Å²) in [6.07, 6.45) is -7.76. The van der Waals surface area contributed by atoms with Gasteiger partial charge in [0.2, 0.25) is 6.10 Å². The molecule has 136 valence electrons. The number of ether oxygens (including phenoxy) is 2. The Kier molecular flexibility index (Phi) is 5.41. The predicted octanol–water partition coefficient (Wildman–Crippen LogP) is 4.02. The molecule has 25 heavy (non-hydrogen) atoms. The van der Waals surface area contributed by atoms with Crippen LogP contribution >= 0.6 is 11.6 Å². The van der Waals surface area contributed by atoms with E-state index in [-0.39, 0.29) is 16.3 Å². The number of fused-ring (bicyclic) bond motifs is 1. The summed E-state index contributed by atoms with van der Waals surface area (Å²) in [5.41, 5.74) is -0.181. The summed E-state index contributed by atoms with van der Waals surface area (Å²) in [5, 5.41) is 13.4. The minimum Gasteiger partial charge on any atom is -0.475 e. The number of esters is 1. The molecular formula is C14H12ClF3N2O5. The van der Waals surface area contributed by atoms with Crippen LogP contribution in [0.15, 0.2) is 28.3 Å². The summed E-state index contributed by atoms with van der Waals surface area (Å²) in [7, 11) is 0. The molecule has 1 unspecified atom stereocenters. The summed E-state index contributed by atoms with van der Waals surface area (Å²) in [6, 6.07) is 2.81. The second kappa shape index (κ2) is 7.18. The molecular weight excluding hydrogens is 369 g/mol.